The maximum atomic E-state index is 13.0. The van der Waals surface area contributed by atoms with Gasteiger partial charge in [-0.25, -0.2) is 14.6 Å². The molecule has 0 aromatic heterocycles. The van der Waals surface area contributed by atoms with Gasteiger partial charge < -0.3 is 28.1 Å². The van der Waals surface area contributed by atoms with Gasteiger partial charge in [-0.3, -0.25) is 4.79 Å². The zero-order valence-corrected chi connectivity index (χ0v) is 26.4. The lowest BCUT2D eigenvalue weighted by molar-refractivity contribution is -0.122. The Balaban J connectivity index is 1.69. The first kappa shape index (κ1) is 29.7. The number of halogens is 2. The number of amides is 1. The number of esters is 2. The molecule has 0 radical (unpaired) electrons. The molecule has 1 amide bonds. The van der Waals surface area contributed by atoms with Crippen LogP contribution in [0.1, 0.15) is 27.6 Å². The first-order valence-electron chi connectivity index (χ1n) is 12.5. The fraction of sp³-hybridized carbons (Fsp3) is 0.520. The second-order valence-electron chi connectivity index (χ2n) is 11.5. The van der Waals surface area contributed by atoms with Gasteiger partial charge in [0.25, 0.3) is 0 Å². The van der Waals surface area contributed by atoms with Gasteiger partial charge in [0.1, 0.15) is 18.5 Å². The molecule has 0 saturated carbocycles. The Morgan fingerprint density at radius 2 is 1.77 bits per heavy atom. The van der Waals surface area contributed by atoms with Gasteiger partial charge in [-0.2, -0.15) is 0 Å². The Hall–Kier alpha value is -2.23. The molecule has 4 atom stereocenters. The summed E-state index contributed by atoms with van der Waals surface area (Å²) < 4.78 is 23.7. The molecule has 3 heterocycles. The molecule has 212 valence electrons. The average Bonchev–Trinajstić information content (AvgIpc) is 3.04. The zero-order chi connectivity index (χ0) is 28.9. The van der Waals surface area contributed by atoms with Gasteiger partial charge in [0.15, 0.2) is 28.9 Å². The number of cyclic esters (lactones) is 1. The molecule has 1 aromatic carbocycles. The lowest BCUT2D eigenvalue weighted by Gasteiger charge is -2.42. The van der Waals surface area contributed by atoms with E-state index >= 15 is 0 Å². The number of carbonyl (C=O) groups is 3. The fourth-order valence-electron chi connectivity index (χ4n) is 4.62. The van der Waals surface area contributed by atoms with Crippen molar-refractivity contribution in [1.29, 1.82) is 0 Å². The minimum atomic E-state index is -2.22. The number of nitrogens with zero attached hydrogens (tertiary/aromatic N) is 3. The Bertz CT molecular complexity index is 1230. The molecule has 1 fully saturated rings. The summed E-state index contributed by atoms with van der Waals surface area (Å²) in [6.45, 7) is 13.4. The van der Waals surface area contributed by atoms with E-state index in [1.54, 1.807) is 33.9 Å². The van der Waals surface area contributed by atoms with Crippen molar-refractivity contribution in [3.05, 3.63) is 47.7 Å². The van der Waals surface area contributed by atoms with Gasteiger partial charge in [0.2, 0.25) is 16.6 Å². The summed E-state index contributed by atoms with van der Waals surface area (Å²) in [5, 5.41) is 0. The summed E-state index contributed by atoms with van der Waals surface area (Å²) in [4.78, 5) is 44.6. The number of alkyl halides is 2. The van der Waals surface area contributed by atoms with Crippen LogP contribution in [0.5, 0.6) is 0 Å². The van der Waals surface area contributed by atoms with Gasteiger partial charge >= 0.3 is 11.9 Å². The normalized spacial score (nSPS) is 26.8. The molecule has 1 aromatic rings. The summed E-state index contributed by atoms with van der Waals surface area (Å²) in [6.07, 6.45) is -0.836. The predicted molar refractivity (Wildman–Crippen MR) is 152 cm³/mol. The van der Waals surface area contributed by atoms with Crippen LogP contribution in [0, 0.1) is 0 Å². The summed E-state index contributed by atoms with van der Waals surface area (Å²) in [7, 11) is -4.36. The van der Waals surface area contributed by atoms with Crippen molar-refractivity contribution in [3.8, 4) is 0 Å². The van der Waals surface area contributed by atoms with Crippen LogP contribution >= 0.6 is 23.2 Å². The lowest BCUT2D eigenvalue weighted by atomic mass is 10.1. The topological polar surface area (TPSA) is 107 Å². The molecule has 1 saturated heterocycles. The second kappa shape index (κ2) is 10.6. The first-order valence-corrected chi connectivity index (χ1v) is 20.1. The molecule has 3 aliphatic rings. The number of rotatable bonds is 4. The quantitative estimate of drug-likeness (QED) is 0.281. The van der Waals surface area contributed by atoms with Crippen LogP contribution in [0.15, 0.2) is 41.5 Å². The van der Waals surface area contributed by atoms with E-state index in [4.69, 9.17) is 46.8 Å². The molecule has 0 aliphatic carbocycles. The number of amidine groups is 1. The maximum Gasteiger partial charge on any atom is 0.338 e. The van der Waals surface area contributed by atoms with Crippen LogP contribution in [0.25, 0.3) is 0 Å². The van der Waals surface area contributed by atoms with Gasteiger partial charge in [0, 0.05) is 13.1 Å². The first-order chi connectivity index (χ1) is 18.0. The van der Waals surface area contributed by atoms with E-state index in [1.807, 2.05) is 39.3 Å². The zero-order valence-electron chi connectivity index (χ0n) is 22.9. The van der Waals surface area contributed by atoms with Crippen LogP contribution in [-0.4, -0.2) is 85.4 Å². The summed E-state index contributed by atoms with van der Waals surface area (Å²) in [5.41, 5.74) is 0.364. The van der Waals surface area contributed by atoms with Crippen LogP contribution in [0.3, 0.4) is 0 Å². The van der Waals surface area contributed by atoms with Gasteiger partial charge in [-0.1, -0.05) is 48.9 Å². The van der Waals surface area contributed by atoms with E-state index in [0.717, 1.165) is 0 Å². The van der Waals surface area contributed by atoms with Crippen LogP contribution in [0.2, 0.25) is 39.3 Å². The third-order valence-electron chi connectivity index (χ3n) is 6.13. The number of hydrogen-bond acceptors (Lipinski definition) is 9. The van der Waals surface area contributed by atoms with Crippen molar-refractivity contribution >= 4 is 63.4 Å². The van der Waals surface area contributed by atoms with Crippen LogP contribution in [0.4, 0.5) is 0 Å². The van der Waals surface area contributed by atoms with E-state index < -0.39 is 57.6 Å². The number of carbonyl (C=O) groups excluding carboxylic acids is 3. The molecule has 1 unspecified atom stereocenters. The second-order valence-corrected chi connectivity index (χ2v) is 22.2. The Labute approximate surface area is 240 Å². The van der Waals surface area contributed by atoms with E-state index in [2.05, 4.69) is 0 Å². The molecule has 0 N–H and O–H groups in total. The largest absolute Gasteiger partial charge is 0.459 e. The van der Waals surface area contributed by atoms with E-state index in [1.165, 1.54) is 19.1 Å². The molecule has 4 rings (SSSR count). The highest BCUT2D eigenvalue weighted by Gasteiger charge is 2.61. The van der Waals surface area contributed by atoms with Crippen molar-refractivity contribution < 1.29 is 33.0 Å². The Morgan fingerprint density at radius 1 is 1.13 bits per heavy atom. The number of benzene rings is 1. The third kappa shape index (κ3) is 6.25. The summed E-state index contributed by atoms with van der Waals surface area (Å²) in [5.74, 6) is -0.975. The number of aliphatic imine (C=N–C) groups is 1. The monoisotopic (exact) mass is 613 g/mol. The van der Waals surface area contributed by atoms with Crippen molar-refractivity contribution in [3.63, 3.8) is 0 Å². The molecule has 10 nitrogen and oxygen atoms in total. The number of ether oxygens (including phenoxy) is 3. The van der Waals surface area contributed by atoms with Crippen molar-refractivity contribution in [2.45, 2.75) is 75.3 Å². The van der Waals surface area contributed by atoms with E-state index in [-0.39, 0.29) is 23.6 Å². The molecule has 3 aliphatic heterocycles. The SMILES string of the molecule is CC(=O)N(C1=NC(O[Si](C)(C)C)N([C@@H]2O[C@@H]3COC(=O)c4cccc(c4)C(=O)O[C@H]3C2(Cl)Cl)C=C1)[Si](C)(C)C. The highest BCUT2D eigenvalue weighted by molar-refractivity contribution is 6.78. The highest BCUT2D eigenvalue weighted by Crippen LogP contribution is 2.46. The van der Waals surface area contributed by atoms with E-state index in [9.17, 15) is 14.4 Å². The average molecular weight is 615 g/mol. The van der Waals surface area contributed by atoms with Crippen molar-refractivity contribution in [1.82, 2.24) is 9.47 Å². The van der Waals surface area contributed by atoms with Crippen molar-refractivity contribution in [2.24, 2.45) is 4.99 Å². The molecular weight excluding hydrogens is 581 g/mol. The third-order valence-corrected chi connectivity index (χ3v) is 9.74. The van der Waals surface area contributed by atoms with Gasteiger partial charge in [-0.05, 0) is 43.9 Å². The fourth-order valence-corrected chi connectivity index (χ4v) is 7.89. The minimum absolute atomic E-state index is 0.123. The van der Waals surface area contributed by atoms with Gasteiger partial charge in [0.05, 0.1) is 11.1 Å². The molecular formula is C25H33Cl2N3O7Si2. The Morgan fingerprint density at radius 3 is 2.36 bits per heavy atom. The lowest BCUT2D eigenvalue weighted by Crippen LogP contribution is -2.57. The molecule has 0 spiro atoms. The van der Waals surface area contributed by atoms with Crippen molar-refractivity contribution in [2.75, 3.05) is 6.61 Å². The summed E-state index contributed by atoms with van der Waals surface area (Å²) in [6, 6.07) is 6.02. The maximum absolute atomic E-state index is 13.0. The van der Waals surface area contributed by atoms with Gasteiger partial charge in [-0.15, -0.1) is 0 Å². The predicted octanol–water partition coefficient (Wildman–Crippen LogP) is 4.33. The van der Waals surface area contributed by atoms with E-state index in [0.29, 0.717) is 5.84 Å². The van der Waals surface area contributed by atoms with Crippen LogP contribution in [-0.2, 0) is 23.4 Å². The van der Waals surface area contributed by atoms with Crippen LogP contribution < -0.4 is 0 Å². The smallest absolute Gasteiger partial charge is 0.338 e. The molecule has 14 heteroatoms. The molecule has 2 bridgehead atoms. The standard InChI is InChI=1S/C25H33Cl2N3O7Si2/c1-15(31)30(38(2,3)4)19-11-12-29(24(28-19)37-39(5,6)7)23-25(26,27)20-18(35-23)14-34-21(32)16-9-8-10-17(13-16)22(33)36-20/h8-13,18,20,23-24H,14H2,1-7H3/t18-,20-,23-,24?/m1/s1. The summed E-state index contributed by atoms with van der Waals surface area (Å²) >= 11 is 13.8. The minimum Gasteiger partial charge on any atom is -0.459 e. The number of hydrogen-bond donors (Lipinski definition) is 0. The highest BCUT2D eigenvalue weighted by atomic mass is 35.5. The molecule has 39 heavy (non-hydrogen) atoms. The Kier molecular flexibility index (Phi) is 8.11. The number of fused-ring (bicyclic) bond motifs is 3.